The van der Waals surface area contributed by atoms with Gasteiger partial charge in [-0.1, -0.05) is 32.6 Å². The Morgan fingerprint density at radius 1 is 1.19 bits per heavy atom. The Kier molecular flexibility index (Phi) is 5.53. The van der Waals surface area contributed by atoms with Gasteiger partial charge in [-0.2, -0.15) is 0 Å². The van der Waals surface area contributed by atoms with Gasteiger partial charge in [0.1, 0.15) is 5.60 Å². The number of nitrogens with one attached hydrogen (secondary N) is 1. The summed E-state index contributed by atoms with van der Waals surface area (Å²) in [5, 5.41) is 3.58. The molecule has 0 unspecified atom stereocenters. The van der Waals surface area contributed by atoms with Gasteiger partial charge in [-0.25, -0.2) is 4.79 Å². The van der Waals surface area contributed by atoms with Gasteiger partial charge in [-0.3, -0.25) is 0 Å². The molecule has 2 fully saturated rings. The number of carbonyl (C=O) groups excluding carboxylic acids is 1. The summed E-state index contributed by atoms with van der Waals surface area (Å²) in [6.45, 7) is 10.8. The predicted octanol–water partition coefficient (Wildman–Crippen LogP) is 3.41. The highest BCUT2D eigenvalue weighted by Gasteiger charge is 2.33. The Bertz CT molecular complexity index is 337. The van der Waals surface area contributed by atoms with Crippen molar-refractivity contribution in [2.75, 3.05) is 19.6 Å². The van der Waals surface area contributed by atoms with Crippen molar-refractivity contribution in [3.05, 3.63) is 0 Å². The third-order valence-corrected chi connectivity index (χ3v) is 4.65. The second kappa shape index (κ2) is 6.99. The molecule has 1 aliphatic heterocycles. The van der Waals surface area contributed by atoms with Crippen molar-refractivity contribution < 1.29 is 9.53 Å². The quantitative estimate of drug-likeness (QED) is 0.864. The van der Waals surface area contributed by atoms with Gasteiger partial charge < -0.3 is 15.0 Å². The minimum absolute atomic E-state index is 0.179. The van der Waals surface area contributed by atoms with E-state index in [4.69, 9.17) is 4.74 Å². The molecule has 0 aromatic rings. The van der Waals surface area contributed by atoms with Crippen molar-refractivity contribution in [2.45, 2.75) is 71.4 Å². The van der Waals surface area contributed by atoms with E-state index in [1.165, 1.54) is 32.1 Å². The third-order valence-electron chi connectivity index (χ3n) is 4.65. The van der Waals surface area contributed by atoms with Crippen LogP contribution in [0.3, 0.4) is 0 Å². The summed E-state index contributed by atoms with van der Waals surface area (Å²) in [5.74, 6) is 1.85. The minimum Gasteiger partial charge on any atom is -0.444 e. The topological polar surface area (TPSA) is 41.6 Å². The average molecular weight is 296 g/mol. The summed E-state index contributed by atoms with van der Waals surface area (Å²) in [7, 11) is 0. The van der Waals surface area contributed by atoms with E-state index in [0.29, 0.717) is 6.04 Å². The lowest BCUT2D eigenvalue weighted by Gasteiger charge is -2.40. The van der Waals surface area contributed by atoms with E-state index >= 15 is 0 Å². The maximum Gasteiger partial charge on any atom is 0.410 e. The van der Waals surface area contributed by atoms with Crippen molar-refractivity contribution in [2.24, 2.45) is 11.8 Å². The maximum atomic E-state index is 11.8. The molecule has 122 valence electrons. The average Bonchev–Trinajstić information content (AvgIpc) is 2.32. The summed E-state index contributed by atoms with van der Waals surface area (Å²) >= 11 is 0. The molecule has 1 N–H and O–H groups in total. The smallest absolute Gasteiger partial charge is 0.410 e. The fourth-order valence-electron chi connectivity index (χ4n) is 3.19. The van der Waals surface area contributed by atoms with Crippen LogP contribution in [0, 0.1) is 11.8 Å². The third kappa shape index (κ3) is 5.50. The van der Waals surface area contributed by atoms with Crippen LogP contribution >= 0.6 is 0 Å². The first-order valence-corrected chi connectivity index (χ1v) is 8.55. The molecule has 0 aromatic heterocycles. The van der Waals surface area contributed by atoms with E-state index < -0.39 is 5.60 Å². The van der Waals surface area contributed by atoms with Gasteiger partial charge in [-0.05, 0) is 45.6 Å². The zero-order chi connectivity index (χ0) is 15.5. The van der Waals surface area contributed by atoms with Gasteiger partial charge in [0, 0.05) is 19.1 Å². The van der Waals surface area contributed by atoms with Crippen molar-refractivity contribution >= 4 is 6.09 Å². The molecule has 1 saturated heterocycles. The molecule has 2 aliphatic rings. The second-order valence-corrected chi connectivity index (χ2v) is 7.95. The SMILES string of the molecule is CC1CCC(CCNC2CN(C(=O)OC(C)(C)C)C2)CC1. The summed E-state index contributed by atoms with van der Waals surface area (Å²) in [6, 6.07) is 0.458. The van der Waals surface area contributed by atoms with Gasteiger partial charge in [0.25, 0.3) is 0 Å². The van der Waals surface area contributed by atoms with Crippen LogP contribution in [-0.4, -0.2) is 42.3 Å². The van der Waals surface area contributed by atoms with Gasteiger partial charge >= 0.3 is 6.09 Å². The summed E-state index contributed by atoms with van der Waals surface area (Å²) in [4.78, 5) is 13.6. The molecule has 1 amide bonds. The predicted molar refractivity (Wildman–Crippen MR) is 85.3 cm³/mol. The number of hydrogen-bond donors (Lipinski definition) is 1. The molecule has 0 aromatic carbocycles. The lowest BCUT2D eigenvalue weighted by Crippen LogP contribution is -2.60. The van der Waals surface area contributed by atoms with Gasteiger partial charge in [-0.15, -0.1) is 0 Å². The van der Waals surface area contributed by atoms with Gasteiger partial charge in [0.05, 0.1) is 0 Å². The molecule has 1 heterocycles. The maximum absolute atomic E-state index is 11.8. The summed E-state index contributed by atoms with van der Waals surface area (Å²) < 4.78 is 5.36. The van der Waals surface area contributed by atoms with Crippen LogP contribution in [0.4, 0.5) is 4.79 Å². The molecule has 4 nitrogen and oxygen atoms in total. The first-order chi connectivity index (χ1) is 9.83. The van der Waals surface area contributed by atoms with E-state index in [0.717, 1.165) is 31.5 Å². The minimum atomic E-state index is -0.395. The van der Waals surface area contributed by atoms with E-state index in [1.807, 2.05) is 20.8 Å². The van der Waals surface area contributed by atoms with E-state index in [-0.39, 0.29) is 6.09 Å². The van der Waals surface area contributed by atoms with E-state index in [2.05, 4.69) is 12.2 Å². The van der Waals surface area contributed by atoms with Crippen LogP contribution in [0.1, 0.15) is 59.8 Å². The van der Waals surface area contributed by atoms with Crippen LogP contribution in [0.2, 0.25) is 0 Å². The molecule has 0 atom stereocenters. The number of amides is 1. The van der Waals surface area contributed by atoms with Gasteiger partial charge in [0.2, 0.25) is 0 Å². The fraction of sp³-hybridized carbons (Fsp3) is 0.941. The first-order valence-electron chi connectivity index (χ1n) is 8.55. The van der Waals surface area contributed by atoms with E-state index in [1.54, 1.807) is 4.90 Å². The van der Waals surface area contributed by atoms with Crippen LogP contribution in [0.15, 0.2) is 0 Å². The summed E-state index contributed by atoms with van der Waals surface area (Å²) in [6.07, 6.45) is 6.72. The lowest BCUT2D eigenvalue weighted by atomic mass is 9.81. The molecule has 0 spiro atoms. The summed E-state index contributed by atoms with van der Waals surface area (Å²) in [5.41, 5.74) is -0.395. The number of hydrogen-bond acceptors (Lipinski definition) is 3. The number of nitrogens with zero attached hydrogens (tertiary/aromatic N) is 1. The Balaban J connectivity index is 1.54. The van der Waals surface area contributed by atoms with Crippen molar-refractivity contribution in [3.8, 4) is 0 Å². The second-order valence-electron chi connectivity index (χ2n) is 7.95. The van der Waals surface area contributed by atoms with E-state index in [9.17, 15) is 4.79 Å². The Hall–Kier alpha value is -0.770. The number of rotatable bonds is 4. The Morgan fingerprint density at radius 3 is 2.38 bits per heavy atom. The highest BCUT2D eigenvalue weighted by Crippen LogP contribution is 2.30. The highest BCUT2D eigenvalue weighted by atomic mass is 16.6. The molecular formula is C17H32N2O2. The molecule has 0 bridgehead atoms. The Labute approximate surface area is 129 Å². The number of carbonyl (C=O) groups is 1. The molecule has 21 heavy (non-hydrogen) atoms. The van der Waals surface area contributed by atoms with Crippen molar-refractivity contribution in [1.29, 1.82) is 0 Å². The van der Waals surface area contributed by atoms with Gasteiger partial charge in [0.15, 0.2) is 0 Å². The number of ether oxygens (including phenoxy) is 1. The first kappa shape index (κ1) is 16.6. The molecular weight excluding hydrogens is 264 g/mol. The van der Waals surface area contributed by atoms with Crippen molar-refractivity contribution in [1.82, 2.24) is 10.2 Å². The zero-order valence-corrected chi connectivity index (χ0v) is 14.2. The van der Waals surface area contributed by atoms with Crippen LogP contribution in [-0.2, 0) is 4.74 Å². The lowest BCUT2D eigenvalue weighted by molar-refractivity contribution is 0.00521. The normalized spacial score (nSPS) is 27.3. The largest absolute Gasteiger partial charge is 0.444 e. The molecule has 1 saturated carbocycles. The molecule has 4 heteroatoms. The number of likely N-dealkylation sites (tertiary alicyclic amines) is 1. The monoisotopic (exact) mass is 296 g/mol. The van der Waals surface area contributed by atoms with Crippen LogP contribution in [0.5, 0.6) is 0 Å². The Morgan fingerprint density at radius 2 is 1.81 bits per heavy atom. The van der Waals surface area contributed by atoms with Crippen LogP contribution < -0.4 is 5.32 Å². The fourth-order valence-corrected chi connectivity index (χ4v) is 3.19. The zero-order valence-electron chi connectivity index (χ0n) is 14.2. The van der Waals surface area contributed by atoms with Crippen LogP contribution in [0.25, 0.3) is 0 Å². The van der Waals surface area contributed by atoms with Crippen molar-refractivity contribution in [3.63, 3.8) is 0 Å². The molecule has 0 radical (unpaired) electrons. The molecule has 1 aliphatic carbocycles. The standard InChI is InChI=1S/C17H32N2O2/c1-13-5-7-14(8-6-13)9-10-18-15-11-19(12-15)16(20)21-17(2,3)4/h13-15,18H,5-12H2,1-4H3. The molecule has 2 rings (SSSR count). The highest BCUT2D eigenvalue weighted by molar-refractivity contribution is 5.69.